The lowest BCUT2D eigenvalue weighted by atomic mass is 9.96. The second-order valence-electron chi connectivity index (χ2n) is 4.94. The summed E-state index contributed by atoms with van der Waals surface area (Å²) in [5.74, 6) is 0.778. The summed E-state index contributed by atoms with van der Waals surface area (Å²) >= 11 is 0. The lowest BCUT2D eigenvalue weighted by Gasteiger charge is -2.13. The molecule has 0 unspecified atom stereocenters. The Morgan fingerprint density at radius 1 is 1.35 bits per heavy atom. The molecule has 1 aromatic heterocycles. The Bertz CT molecular complexity index is 326. The van der Waals surface area contributed by atoms with E-state index in [2.05, 4.69) is 15.5 Å². The van der Waals surface area contributed by atoms with E-state index in [1.54, 1.807) is 6.20 Å². The van der Waals surface area contributed by atoms with Crippen molar-refractivity contribution in [2.45, 2.75) is 51.5 Å². The molecule has 0 aliphatic heterocycles. The number of aromatic amines is 1. The van der Waals surface area contributed by atoms with E-state index in [1.165, 1.54) is 38.5 Å². The molecular formula is C13H21N3O. The molecule has 0 saturated heterocycles. The van der Waals surface area contributed by atoms with E-state index in [9.17, 15) is 4.79 Å². The molecule has 0 spiro atoms. The Hall–Kier alpha value is -1.32. The molecule has 2 rings (SSSR count). The van der Waals surface area contributed by atoms with Crippen LogP contribution in [0.2, 0.25) is 0 Å². The van der Waals surface area contributed by atoms with Crippen molar-refractivity contribution in [3.63, 3.8) is 0 Å². The Morgan fingerprint density at radius 2 is 2.12 bits per heavy atom. The zero-order chi connectivity index (χ0) is 11.9. The normalized spacial score (nSPS) is 17.6. The molecule has 1 aliphatic rings. The fraction of sp³-hybridized carbons (Fsp3) is 0.692. The molecule has 1 aliphatic carbocycles. The molecule has 94 valence electrons. The molecule has 0 bridgehead atoms. The molecule has 1 amide bonds. The smallest absolute Gasteiger partial charge is 0.220 e. The van der Waals surface area contributed by atoms with E-state index in [-0.39, 0.29) is 5.91 Å². The minimum atomic E-state index is 0.179. The second kappa shape index (κ2) is 6.42. The third-order valence-corrected chi connectivity index (χ3v) is 3.49. The summed E-state index contributed by atoms with van der Waals surface area (Å²) in [6.45, 7) is 0.585. The van der Waals surface area contributed by atoms with Crippen LogP contribution in [0.3, 0.4) is 0 Å². The summed E-state index contributed by atoms with van der Waals surface area (Å²) < 4.78 is 0. The van der Waals surface area contributed by atoms with Crippen molar-refractivity contribution >= 4 is 5.91 Å². The first-order valence-corrected chi connectivity index (χ1v) is 6.59. The van der Waals surface area contributed by atoms with Crippen LogP contribution in [0, 0.1) is 5.92 Å². The van der Waals surface area contributed by atoms with Crippen LogP contribution in [0.25, 0.3) is 0 Å². The van der Waals surface area contributed by atoms with Gasteiger partial charge in [0.2, 0.25) is 5.91 Å². The summed E-state index contributed by atoms with van der Waals surface area (Å²) in [6, 6.07) is 0. The van der Waals surface area contributed by atoms with Gasteiger partial charge in [-0.1, -0.05) is 25.7 Å². The molecule has 1 fully saturated rings. The van der Waals surface area contributed by atoms with Gasteiger partial charge in [-0.25, -0.2) is 0 Å². The Kier molecular flexibility index (Phi) is 4.59. The van der Waals surface area contributed by atoms with Crippen molar-refractivity contribution in [2.75, 3.05) is 0 Å². The van der Waals surface area contributed by atoms with Gasteiger partial charge in [-0.3, -0.25) is 9.89 Å². The van der Waals surface area contributed by atoms with Crippen LogP contribution in [0.15, 0.2) is 12.4 Å². The van der Waals surface area contributed by atoms with Crippen LogP contribution < -0.4 is 5.32 Å². The Labute approximate surface area is 102 Å². The van der Waals surface area contributed by atoms with Gasteiger partial charge in [-0.2, -0.15) is 5.10 Å². The molecule has 4 heteroatoms. The van der Waals surface area contributed by atoms with E-state index < -0.39 is 0 Å². The molecule has 2 N–H and O–H groups in total. The number of nitrogens with zero attached hydrogens (tertiary/aromatic N) is 1. The van der Waals surface area contributed by atoms with Gasteiger partial charge < -0.3 is 5.32 Å². The number of carbonyl (C=O) groups is 1. The number of rotatable bonds is 4. The van der Waals surface area contributed by atoms with E-state index in [0.717, 1.165) is 5.56 Å². The molecule has 1 aromatic rings. The van der Waals surface area contributed by atoms with Crippen molar-refractivity contribution in [3.8, 4) is 0 Å². The maximum Gasteiger partial charge on any atom is 0.220 e. The van der Waals surface area contributed by atoms with Gasteiger partial charge in [-0.15, -0.1) is 0 Å². The summed E-state index contributed by atoms with van der Waals surface area (Å²) in [5.41, 5.74) is 1.03. The van der Waals surface area contributed by atoms with Crippen LogP contribution in [-0.2, 0) is 11.3 Å². The van der Waals surface area contributed by atoms with Crippen LogP contribution in [0.5, 0.6) is 0 Å². The molecule has 0 atom stereocenters. The highest BCUT2D eigenvalue weighted by atomic mass is 16.1. The first-order chi connectivity index (χ1) is 8.34. The van der Waals surface area contributed by atoms with Crippen molar-refractivity contribution in [1.29, 1.82) is 0 Å². The topological polar surface area (TPSA) is 57.8 Å². The summed E-state index contributed by atoms with van der Waals surface area (Å²) in [7, 11) is 0. The summed E-state index contributed by atoms with van der Waals surface area (Å²) in [6.07, 6.45) is 12.0. The number of nitrogens with one attached hydrogen (secondary N) is 2. The van der Waals surface area contributed by atoms with Crippen molar-refractivity contribution in [1.82, 2.24) is 15.5 Å². The van der Waals surface area contributed by atoms with Crippen LogP contribution in [0.4, 0.5) is 0 Å². The molecule has 0 aromatic carbocycles. The molecule has 17 heavy (non-hydrogen) atoms. The van der Waals surface area contributed by atoms with Crippen LogP contribution in [-0.4, -0.2) is 16.1 Å². The summed E-state index contributed by atoms with van der Waals surface area (Å²) in [5, 5.41) is 9.55. The first kappa shape index (κ1) is 12.1. The number of amides is 1. The lowest BCUT2D eigenvalue weighted by Crippen LogP contribution is -2.24. The lowest BCUT2D eigenvalue weighted by molar-refractivity contribution is -0.122. The van der Waals surface area contributed by atoms with Crippen LogP contribution in [0.1, 0.15) is 50.5 Å². The minimum Gasteiger partial charge on any atom is -0.352 e. The standard InChI is InChI=1S/C13H21N3O/c17-13(14-8-12-9-15-16-10-12)7-11-5-3-1-2-4-6-11/h9-11H,1-8H2,(H,14,17)(H,15,16). The predicted molar refractivity (Wildman–Crippen MR) is 66.2 cm³/mol. The fourth-order valence-corrected chi connectivity index (χ4v) is 2.48. The molecule has 0 radical (unpaired) electrons. The maximum atomic E-state index is 11.8. The second-order valence-corrected chi connectivity index (χ2v) is 4.94. The van der Waals surface area contributed by atoms with Gasteiger partial charge in [0.15, 0.2) is 0 Å². The molecule has 1 saturated carbocycles. The number of hydrogen-bond acceptors (Lipinski definition) is 2. The zero-order valence-electron chi connectivity index (χ0n) is 10.2. The van der Waals surface area contributed by atoms with Gasteiger partial charge in [0, 0.05) is 24.7 Å². The Morgan fingerprint density at radius 3 is 2.76 bits per heavy atom. The van der Waals surface area contributed by atoms with Crippen LogP contribution >= 0.6 is 0 Å². The highest BCUT2D eigenvalue weighted by Crippen LogP contribution is 2.25. The monoisotopic (exact) mass is 235 g/mol. The maximum absolute atomic E-state index is 11.8. The number of aromatic nitrogens is 2. The third-order valence-electron chi connectivity index (χ3n) is 3.49. The number of H-pyrrole nitrogens is 1. The number of hydrogen-bond donors (Lipinski definition) is 2. The third kappa shape index (κ3) is 4.21. The first-order valence-electron chi connectivity index (χ1n) is 6.59. The van der Waals surface area contributed by atoms with Gasteiger partial charge in [-0.05, 0) is 18.8 Å². The number of carbonyl (C=O) groups excluding carboxylic acids is 1. The average Bonchev–Trinajstić information content (AvgIpc) is 2.72. The van der Waals surface area contributed by atoms with E-state index in [1.807, 2.05) is 6.20 Å². The fourth-order valence-electron chi connectivity index (χ4n) is 2.48. The summed E-state index contributed by atoms with van der Waals surface area (Å²) in [4.78, 5) is 11.8. The van der Waals surface area contributed by atoms with Crippen molar-refractivity contribution in [2.24, 2.45) is 5.92 Å². The highest BCUT2D eigenvalue weighted by Gasteiger charge is 2.15. The predicted octanol–water partition coefficient (Wildman–Crippen LogP) is 2.39. The minimum absolute atomic E-state index is 0.179. The SMILES string of the molecule is O=C(CC1CCCCCC1)NCc1cn[nH]c1. The van der Waals surface area contributed by atoms with E-state index in [0.29, 0.717) is 18.9 Å². The van der Waals surface area contributed by atoms with Gasteiger partial charge >= 0.3 is 0 Å². The van der Waals surface area contributed by atoms with E-state index in [4.69, 9.17) is 0 Å². The Balaban J connectivity index is 1.69. The zero-order valence-corrected chi connectivity index (χ0v) is 10.2. The van der Waals surface area contributed by atoms with E-state index >= 15 is 0 Å². The molecular weight excluding hydrogens is 214 g/mol. The van der Waals surface area contributed by atoms with Gasteiger partial charge in [0.25, 0.3) is 0 Å². The molecule has 1 heterocycles. The highest BCUT2D eigenvalue weighted by molar-refractivity contribution is 5.76. The quantitative estimate of drug-likeness (QED) is 0.787. The van der Waals surface area contributed by atoms with Crippen molar-refractivity contribution in [3.05, 3.63) is 18.0 Å². The van der Waals surface area contributed by atoms with Gasteiger partial charge in [0.05, 0.1) is 6.20 Å². The van der Waals surface area contributed by atoms with Crippen molar-refractivity contribution < 1.29 is 4.79 Å². The van der Waals surface area contributed by atoms with Gasteiger partial charge in [0.1, 0.15) is 0 Å². The average molecular weight is 235 g/mol. The largest absolute Gasteiger partial charge is 0.352 e. The molecule has 4 nitrogen and oxygen atoms in total.